The summed E-state index contributed by atoms with van der Waals surface area (Å²) in [5.74, 6) is -1.67. The average molecular weight is 991 g/mol. The Bertz CT molecular complexity index is 2880. The highest BCUT2D eigenvalue weighted by Crippen LogP contribution is 2.53. The summed E-state index contributed by atoms with van der Waals surface area (Å²) in [5, 5.41) is 3.52. The Morgan fingerprint density at radius 2 is 1.42 bits per heavy atom. The van der Waals surface area contributed by atoms with Gasteiger partial charge >= 0.3 is 5.97 Å². The van der Waals surface area contributed by atoms with Crippen LogP contribution in [0.2, 0.25) is 0 Å². The maximum absolute atomic E-state index is 13.1. The van der Waals surface area contributed by atoms with E-state index in [0.717, 1.165) is 52.8 Å². The third-order valence-electron chi connectivity index (χ3n) is 12.8. The summed E-state index contributed by atoms with van der Waals surface area (Å²) in [6, 6.07) is 13.6. The molecule has 2 N–H and O–H groups in total. The quantitative estimate of drug-likeness (QED) is 0.0461. The highest BCUT2D eigenvalue weighted by molar-refractivity contribution is 7.86. The normalized spacial score (nSPS) is 19.1. The van der Waals surface area contributed by atoms with Gasteiger partial charge in [0.15, 0.2) is 5.71 Å². The molecule has 19 heteroatoms. The molecule has 0 saturated carbocycles. The van der Waals surface area contributed by atoms with Gasteiger partial charge in [0, 0.05) is 49.0 Å². The van der Waals surface area contributed by atoms with Gasteiger partial charge in [-0.25, -0.2) is 9.86 Å². The van der Waals surface area contributed by atoms with E-state index in [-0.39, 0.29) is 61.2 Å². The second kappa shape index (κ2) is 21.3. The van der Waals surface area contributed by atoms with Crippen molar-refractivity contribution in [3.63, 3.8) is 0 Å². The molecule has 3 aromatic carbocycles. The molecule has 3 heterocycles. The van der Waals surface area contributed by atoms with Crippen molar-refractivity contribution in [1.29, 1.82) is 0 Å². The number of ether oxygens (including phenoxy) is 3. The second-order valence-electron chi connectivity index (χ2n) is 18.3. The summed E-state index contributed by atoms with van der Waals surface area (Å²) in [5.41, 5.74) is 5.03. The lowest BCUT2D eigenvalue weighted by atomic mass is 9.80. The Balaban J connectivity index is 0.979. The molecular formula is C50H60N3O14S2+. The number of hydroxylamine groups is 3. The van der Waals surface area contributed by atoms with Crippen LogP contribution in [0.5, 0.6) is 0 Å². The van der Waals surface area contributed by atoms with Crippen LogP contribution in [-0.4, -0.2) is 112 Å². The van der Waals surface area contributed by atoms with E-state index in [2.05, 4.69) is 18.2 Å². The molecule has 69 heavy (non-hydrogen) atoms. The van der Waals surface area contributed by atoms with Crippen molar-refractivity contribution >= 4 is 65.9 Å². The zero-order valence-electron chi connectivity index (χ0n) is 39.6. The monoisotopic (exact) mass is 990 g/mol. The van der Waals surface area contributed by atoms with Crippen molar-refractivity contribution in [3.05, 3.63) is 107 Å². The largest absolute Gasteiger partial charge is 0.379 e. The van der Waals surface area contributed by atoms with Gasteiger partial charge in [0.2, 0.25) is 5.69 Å². The van der Waals surface area contributed by atoms with E-state index in [1.165, 1.54) is 23.3 Å². The van der Waals surface area contributed by atoms with E-state index in [4.69, 9.17) is 23.9 Å². The number of fused-ring (bicyclic) bond motifs is 4. The maximum Gasteiger partial charge on any atom is 0.333 e. The number of carbonyl (C=O) groups is 3. The summed E-state index contributed by atoms with van der Waals surface area (Å²) >= 11 is 0. The van der Waals surface area contributed by atoms with Gasteiger partial charge < -0.3 is 19.0 Å². The molecule has 0 bridgehead atoms. The van der Waals surface area contributed by atoms with E-state index >= 15 is 0 Å². The van der Waals surface area contributed by atoms with Crippen LogP contribution >= 0.6 is 0 Å². The Labute approximate surface area is 403 Å². The van der Waals surface area contributed by atoms with E-state index in [0.29, 0.717) is 54.4 Å². The van der Waals surface area contributed by atoms with E-state index in [1.54, 1.807) is 6.07 Å². The topological polar surface area (TPSA) is 216 Å². The number of carbonyl (C=O) groups excluding carboxylic acids is 3. The molecule has 7 rings (SSSR count). The van der Waals surface area contributed by atoms with Crippen LogP contribution in [0.25, 0.3) is 10.8 Å². The molecule has 0 aromatic heterocycles. The predicted octanol–water partition coefficient (Wildman–Crippen LogP) is 7.37. The number of benzene rings is 3. The van der Waals surface area contributed by atoms with E-state index < -0.39 is 48.8 Å². The van der Waals surface area contributed by atoms with Crippen molar-refractivity contribution < 1.29 is 68.8 Å². The minimum absolute atomic E-state index is 0.0436. The smallest absolute Gasteiger partial charge is 0.333 e. The molecule has 0 spiro atoms. The predicted molar refractivity (Wildman–Crippen MR) is 256 cm³/mol. The molecule has 370 valence electrons. The fraction of sp³-hybridized carbons (Fsp3) is 0.440. The number of hydrogen-bond donors (Lipinski definition) is 2. The number of nitrogens with zero attached hydrogens (tertiary/aromatic N) is 3. The molecule has 1 fully saturated rings. The maximum atomic E-state index is 13.1. The molecule has 3 aromatic rings. The number of anilines is 1. The standard InChI is InChI=1S/C50H59N3O14S2/c1-49(2)39-33-37(68(57,58)59)18-19-40(39)51(5)42(49)20-16-34-11-10-12-35(31-34)17-21-43-50(3,4)47-38-14-7-6-13-36(38)32-41(69(60,61)62)48(47)52(43)66-30-29-65-28-27-64-26-25-63-24-9-8-15-46(56)67-53-44(54)22-23-45(53)55/h6-7,13-14,16-21,31-33H,8-12,15,22-30H2,1-5H3,(H-,57,58,59,60,61,62)/p+1. The summed E-state index contributed by atoms with van der Waals surface area (Å²) in [6.07, 6.45) is 14.0. The fourth-order valence-corrected chi connectivity index (χ4v) is 10.5. The van der Waals surface area contributed by atoms with Crippen LogP contribution in [-0.2, 0) is 69.3 Å². The van der Waals surface area contributed by atoms with Crippen LogP contribution in [0.3, 0.4) is 0 Å². The van der Waals surface area contributed by atoms with Crippen LogP contribution < -0.4 is 5.06 Å². The van der Waals surface area contributed by atoms with Gasteiger partial charge in [0.25, 0.3) is 32.1 Å². The van der Waals surface area contributed by atoms with Crippen molar-refractivity contribution in [2.24, 2.45) is 0 Å². The van der Waals surface area contributed by atoms with Gasteiger partial charge in [0.1, 0.15) is 11.9 Å². The minimum Gasteiger partial charge on any atom is -0.379 e. The highest BCUT2D eigenvalue weighted by atomic mass is 32.2. The molecule has 1 saturated heterocycles. The first-order chi connectivity index (χ1) is 32.7. The summed E-state index contributed by atoms with van der Waals surface area (Å²) < 4.78 is 89.4. The Morgan fingerprint density at radius 3 is 2.10 bits per heavy atom. The number of hydrogen-bond acceptors (Lipinski definition) is 13. The lowest BCUT2D eigenvalue weighted by Crippen LogP contribution is -2.31. The molecule has 0 unspecified atom stereocenters. The average Bonchev–Trinajstić information content (AvgIpc) is 3.80. The number of imide groups is 1. The summed E-state index contributed by atoms with van der Waals surface area (Å²) in [4.78, 5) is 45.9. The summed E-state index contributed by atoms with van der Waals surface area (Å²) in [6.45, 7) is 9.79. The lowest BCUT2D eigenvalue weighted by molar-refractivity contribution is -0.401. The molecule has 4 aliphatic rings. The lowest BCUT2D eigenvalue weighted by Gasteiger charge is -2.26. The first kappa shape index (κ1) is 51.5. The molecule has 1 aliphatic carbocycles. The van der Waals surface area contributed by atoms with Crippen molar-refractivity contribution in [2.75, 3.05) is 58.4 Å². The molecule has 2 amide bonds. The van der Waals surface area contributed by atoms with Crippen molar-refractivity contribution in [3.8, 4) is 0 Å². The van der Waals surface area contributed by atoms with Gasteiger partial charge in [-0.05, 0) is 97.7 Å². The van der Waals surface area contributed by atoms with Crippen LogP contribution in [0.15, 0.2) is 106 Å². The molecule has 0 atom stereocenters. The second-order valence-corrected chi connectivity index (χ2v) is 21.1. The van der Waals surface area contributed by atoms with Crippen LogP contribution in [0, 0.1) is 0 Å². The van der Waals surface area contributed by atoms with Gasteiger partial charge in [-0.15, -0.1) is 5.06 Å². The number of rotatable bonds is 21. The molecule has 17 nitrogen and oxygen atoms in total. The van der Waals surface area contributed by atoms with Gasteiger partial charge in [-0.3, -0.25) is 23.5 Å². The highest BCUT2D eigenvalue weighted by Gasteiger charge is 2.46. The van der Waals surface area contributed by atoms with Crippen molar-refractivity contribution in [2.45, 2.75) is 99.7 Å². The first-order valence-corrected chi connectivity index (χ1v) is 25.9. The number of amides is 2. The fourth-order valence-electron chi connectivity index (χ4n) is 9.25. The molecular weight excluding hydrogens is 931 g/mol. The third kappa shape index (κ3) is 11.6. The zero-order chi connectivity index (χ0) is 49.7. The van der Waals surface area contributed by atoms with Gasteiger partial charge in [-0.2, -0.15) is 21.4 Å². The third-order valence-corrected chi connectivity index (χ3v) is 14.5. The number of allylic oxidation sites excluding steroid dienone is 8. The zero-order valence-corrected chi connectivity index (χ0v) is 41.2. The molecule has 0 radical (unpaired) electrons. The number of unbranched alkanes of at least 4 members (excludes halogenated alkanes) is 1. The Hall–Kier alpha value is -5.38. The van der Waals surface area contributed by atoms with Gasteiger partial charge in [-0.1, -0.05) is 56.3 Å². The Morgan fingerprint density at radius 1 is 0.754 bits per heavy atom. The molecule has 3 aliphatic heterocycles. The van der Waals surface area contributed by atoms with Crippen molar-refractivity contribution in [1.82, 2.24) is 5.06 Å². The first-order valence-electron chi connectivity index (χ1n) is 23.0. The van der Waals surface area contributed by atoms with Gasteiger partial charge in [0.05, 0.1) is 61.3 Å². The Kier molecular flexibility index (Phi) is 15.9. The van der Waals surface area contributed by atoms with Crippen LogP contribution in [0.4, 0.5) is 11.4 Å². The van der Waals surface area contributed by atoms with E-state index in [9.17, 15) is 40.3 Å². The van der Waals surface area contributed by atoms with E-state index in [1.807, 2.05) is 75.7 Å². The summed E-state index contributed by atoms with van der Waals surface area (Å²) in [7, 11) is -7.14. The minimum atomic E-state index is -4.71. The van der Waals surface area contributed by atoms with Crippen LogP contribution in [0.1, 0.15) is 90.2 Å². The SMILES string of the molecule is C[N+]1=C(C=CC2=CC(=CC=C3N(OCCOCCOCCOCCCCC(=O)ON4C(=O)CCC4=O)c4c(S(=O)(=O)O)cc5ccccc5c4C3(C)C)CCC2)C(C)(C)c2cc(S(=O)(=O)O)ccc21.